The molecule has 1 aromatic heterocycles. The van der Waals surface area contributed by atoms with Crippen molar-refractivity contribution < 1.29 is 36.6 Å². The van der Waals surface area contributed by atoms with Crippen LogP contribution >= 0.6 is 0 Å². The lowest BCUT2D eigenvalue weighted by Gasteiger charge is -2.36. The highest BCUT2D eigenvalue weighted by molar-refractivity contribution is 6.04. The number of aliphatic hydroxyl groups is 1. The average Bonchev–Trinajstić information content (AvgIpc) is 3.32. The van der Waals surface area contributed by atoms with Crippen LogP contribution in [0.3, 0.4) is 0 Å². The Morgan fingerprint density at radius 3 is 2.30 bits per heavy atom. The van der Waals surface area contributed by atoms with Crippen LogP contribution in [0.1, 0.15) is 75.6 Å². The number of halogens is 5. The minimum Gasteiger partial charge on any atom is -0.391 e. The molecule has 0 spiro atoms. The maximum atomic E-state index is 14.2. The minimum absolute atomic E-state index is 0.0580. The average molecular weight is 608 g/mol. The number of pyridine rings is 1. The lowest BCUT2D eigenvalue weighted by Crippen LogP contribution is -2.52. The topological polar surface area (TPSA) is 110 Å². The summed E-state index contributed by atoms with van der Waals surface area (Å²) in [6, 6.07) is 3.69. The van der Waals surface area contributed by atoms with Crippen molar-refractivity contribution in [2.75, 3.05) is 11.4 Å². The lowest BCUT2D eigenvalue weighted by atomic mass is 9.87. The van der Waals surface area contributed by atoms with E-state index >= 15 is 0 Å². The molecule has 0 radical (unpaired) electrons. The minimum atomic E-state index is -4.81. The highest BCUT2D eigenvalue weighted by atomic mass is 19.4. The van der Waals surface area contributed by atoms with Crippen LogP contribution in [-0.2, 0) is 21.2 Å². The first-order valence-electron chi connectivity index (χ1n) is 14.0. The zero-order valence-corrected chi connectivity index (χ0v) is 24.0. The number of nitrogens with one attached hydrogen (secondary N) is 1. The summed E-state index contributed by atoms with van der Waals surface area (Å²) >= 11 is 0. The Kier molecular flexibility index (Phi) is 9.02. The molecule has 13 heteroatoms. The third-order valence-electron chi connectivity index (χ3n) is 7.91. The number of nitriles is 1. The Balaban J connectivity index is 1.84. The van der Waals surface area contributed by atoms with Crippen molar-refractivity contribution in [1.29, 1.82) is 5.26 Å². The fourth-order valence-corrected chi connectivity index (χ4v) is 5.49. The van der Waals surface area contributed by atoms with Gasteiger partial charge in [-0.05, 0) is 42.0 Å². The molecule has 3 unspecified atom stereocenters. The van der Waals surface area contributed by atoms with E-state index in [1.165, 1.54) is 0 Å². The second-order valence-electron chi connectivity index (χ2n) is 12.2. The Morgan fingerprint density at radius 1 is 1.12 bits per heavy atom. The number of nitrogens with zero attached hydrogens (tertiary/aromatic N) is 4. The van der Waals surface area contributed by atoms with Gasteiger partial charge < -0.3 is 10.4 Å². The van der Waals surface area contributed by atoms with Crippen molar-refractivity contribution >= 4 is 17.5 Å². The molecule has 2 aliphatic rings. The molecular formula is C30H34F5N5O3. The fraction of sp³-hybridized carbons (Fsp3) is 0.533. The van der Waals surface area contributed by atoms with E-state index in [0.29, 0.717) is 6.20 Å². The Hall–Kier alpha value is -3.79. The van der Waals surface area contributed by atoms with Gasteiger partial charge in [-0.25, -0.2) is 8.78 Å². The van der Waals surface area contributed by atoms with Gasteiger partial charge in [0.1, 0.15) is 12.1 Å². The van der Waals surface area contributed by atoms with E-state index < -0.39 is 66.5 Å². The van der Waals surface area contributed by atoms with Gasteiger partial charge in [-0.2, -0.15) is 18.4 Å². The molecule has 8 nitrogen and oxygen atoms in total. The van der Waals surface area contributed by atoms with E-state index in [2.05, 4.69) is 10.3 Å². The zero-order chi connectivity index (χ0) is 31.7. The number of carbonyl (C=O) groups is 2. The van der Waals surface area contributed by atoms with Gasteiger partial charge in [0.2, 0.25) is 11.8 Å². The van der Waals surface area contributed by atoms with Crippen LogP contribution in [0.5, 0.6) is 0 Å². The van der Waals surface area contributed by atoms with Crippen molar-refractivity contribution in [3.63, 3.8) is 0 Å². The third kappa shape index (κ3) is 7.41. The molecule has 2 N–H and O–H groups in total. The van der Waals surface area contributed by atoms with Gasteiger partial charge in [-0.3, -0.25) is 24.4 Å². The number of likely N-dealkylation sites (tertiary alicyclic amines) is 1. The van der Waals surface area contributed by atoms with Crippen LogP contribution in [0.2, 0.25) is 0 Å². The fourth-order valence-electron chi connectivity index (χ4n) is 5.49. The predicted octanol–water partition coefficient (Wildman–Crippen LogP) is 5.08. The van der Waals surface area contributed by atoms with Gasteiger partial charge in [0.05, 0.1) is 18.2 Å². The van der Waals surface area contributed by atoms with Crippen molar-refractivity contribution in [3.8, 4) is 6.19 Å². The second-order valence-corrected chi connectivity index (χ2v) is 12.2. The molecule has 4 rings (SSSR count). The highest BCUT2D eigenvalue weighted by Gasteiger charge is 2.44. The van der Waals surface area contributed by atoms with E-state index in [0.717, 1.165) is 27.6 Å². The summed E-state index contributed by atoms with van der Waals surface area (Å²) in [5.41, 5.74) is -0.659. The van der Waals surface area contributed by atoms with Crippen LogP contribution in [0.25, 0.3) is 0 Å². The number of benzene rings is 1. The summed E-state index contributed by atoms with van der Waals surface area (Å²) in [5.74, 6) is -4.56. The summed E-state index contributed by atoms with van der Waals surface area (Å²) in [4.78, 5) is 34.0. The first-order chi connectivity index (χ1) is 20.0. The van der Waals surface area contributed by atoms with Gasteiger partial charge in [0.15, 0.2) is 6.19 Å². The van der Waals surface area contributed by atoms with Crippen LogP contribution in [-0.4, -0.2) is 57.5 Å². The molecule has 1 aliphatic heterocycles. The summed E-state index contributed by atoms with van der Waals surface area (Å²) in [6.07, 6.45) is -3.53. The molecule has 2 heterocycles. The largest absolute Gasteiger partial charge is 0.417 e. The number of carbonyl (C=O) groups excluding carboxylic acids is 2. The number of aliphatic hydroxyl groups excluding tert-OH is 1. The molecule has 1 aliphatic carbocycles. The quantitative estimate of drug-likeness (QED) is 0.350. The summed E-state index contributed by atoms with van der Waals surface area (Å²) < 4.78 is 68.8. The highest BCUT2D eigenvalue weighted by Crippen LogP contribution is 2.37. The number of hydrogen-bond donors (Lipinski definition) is 2. The Labute approximate surface area is 246 Å². The molecule has 3 atom stereocenters. The molecule has 232 valence electrons. The first-order valence-corrected chi connectivity index (χ1v) is 14.0. The van der Waals surface area contributed by atoms with Crippen molar-refractivity contribution in [3.05, 3.63) is 59.4 Å². The molecule has 0 bridgehead atoms. The smallest absolute Gasteiger partial charge is 0.391 e. The third-order valence-corrected chi connectivity index (χ3v) is 7.91. The van der Waals surface area contributed by atoms with Crippen LogP contribution < -0.4 is 10.2 Å². The Bertz CT molecular complexity index is 1360. The van der Waals surface area contributed by atoms with Gasteiger partial charge >= 0.3 is 6.18 Å². The van der Waals surface area contributed by atoms with E-state index in [1.54, 1.807) is 24.3 Å². The van der Waals surface area contributed by atoms with Crippen LogP contribution in [0, 0.1) is 11.5 Å². The number of alkyl halides is 5. The molecule has 1 aromatic carbocycles. The Morgan fingerprint density at radius 2 is 1.74 bits per heavy atom. The maximum absolute atomic E-state index is 14.2. The number of rotatable bonds is 6. The molecule has 2 amide bonds. The van der Waals surface area contributed by atoms with Crippen LogP contribution in [0.15, 0.2) is 42.7 Å². The monoisotopic (exact) mass is 607 g/mol. The second kappa shape index (κ2) is 12.1. The van der Waals surface area contributed by atoms with Crippen molar-refractivity contribution in [2.45, 2.75) is 94.6 Å². The van der Waals surface area contributed by atoms with Gasteiger partial charge in [-0.15, -0.1) is 0 Å². The van der Waals surface area contributed by atoms with Crippen molar-refractivity contribution in [1.82, 2.24) is 15.2 Å². The molecule has 2 aromatic rings. The van der Waals surface area contributed by atoms with Gasteiger partial charge in [0.25, 0.3) is 5.91 Å². The number of anilines is 1. The normalized spacial score (nSPS) is 21.6. The summed E-state index contributed by atoms with van der Waals surface area (Å²) in [7, 11) is 0. The SMILES string of the molecule is CC(C)(C)c1ccc(N(C(=O)C2CC(O)CN2C#N)C(C(=O)NC2CCC(F)(F)CC2)c2cncc(C(F)(F)F)c2)cc1. The lowest BCUT2D eigenvalue weighted by molar-refractivity contribution is -0.138. The number of amides is 2. The molecular weight excluding hydrogens is 573 g/mol. The van der Waals surface area contributed by atoms with Gasteiger partial charge in [-0.1, -0.05) is 32.9 Å². The molecule has 1 saturated carbocycles. The summed E-state index contributed by atoms with van der Waals surface area (Å²) in [6.45, 7) is 5.76. The molecule has 1 saturated heterocycles. The molecule has 2 fully saturated rings. The first kappa shape index (κ1) is 32.1. The van der Waals surface area contributed by atoms with Gasteiger partial charge in [0, 0.05) is 48.9 Å². The standard InChI is InChI=1S/C30H34F5N5O3/c1-28(2,3)19-4-6-22(7-5-19)40(27(43)24-13-23(41)16-39(24)17-36)25(18-12-20(15-37-14-18)30(33,34)35)26(42)38-21-8-10-29(31,32)11-9-21/h4-7,12,14-15,21,23-25,41H,8-11,13,16H2,1-3H3,(H,38,42). The summed E-state index contributed by atoms with van der Waals surface area (Å²) in [5, 5.41) is 22.6. The van der Waals surface area contributed by atoms with E-state index in [-0.39, 0.29) is 42.5 Å². The number of hydrogen-bond acceptors (Lipinski definition) is 6. The maximum Gasteiger partial charge on any atom is 0.417 e. The number of β-amino-alcohol motifs (C(OH)–C–C–N with tert-alkyl or cyclic N) is 1. The zero-order valence-electron chi connectivity index (χ0n) is 24.0. The van der Waals surface area contributed by atoms with E-state index in [1.807, 2.05) is 27.0 Å². The van der Waals surface area contributed by atoms with E-state index in [9.17, 15) is 41.9 Å². The predicted molar refractivity (Wildman–Crippen MR) is 147 cm³/mol. The molecule has 43 heavy (non-hydrogen) atoms. The number of aromatic nitrogens is 1. The van der Waals surface area contributed by atoms with Crippen molar-refractivity contribution in [2.24, 2.45) is 0 Å². The van der Waals surface area contributed by atoms with E-state index in [4.69, 9.17) is 0 Å². The van der Waals surface area contributed by atoms with Crippen LogP contribution in [0.4, 0.5) is 27.6 Å².